The van der Waals surface area contributed by atoms with Gasteiger partial charge in [-0.25, -0.2) is 4.98 Å². The molecule has 1 aliphatic rings. The fraction of sp³-hybridized carbons (Fsp3) is 0.500. The summed E-state index contributed by atoms with van der Waals surface area (Å²) in [5, 5.41) is 3.03. The quantitative estimate of drug-likeness (QED) is 0.932. The van der Waals surface area contributed by atoms with Crippen molar-refractivity contribution in [2.45, 2.75) is 26.3 Å². The lowest BCUT2D eigenvalue weighted by atomic mass is 9.96. The topological polar surface area (TPSA) is 49.6 Å². The third kappa shape index (κ3) is 3.08. The molecule has 1 N–H and O–H groups in total. The van der Waals surface area contributed by atoms with Crippen LogP contribution in [0, 0.1) is 12.8 Å². The molecule has 1 aliphatic heterocycles. The van der Waals surface area contributed by atoms with Crippen molar-refractivity contribution in [3.05, 3.63) is 35.8 Å². The van der Waals surface area contributed by atoms with E-state index in [0.717, 1.165) is 43.0 Å². The van der Waals surface area contributed by atoms with E-state index in [1.807, 2.05) is 18.3 Å². The van der Waals surface area contributed by atoms with Crippen molar-refractivity contribution in [2.24, 2.45) is 5.92 Å². The van der Waals surface area contributed by atoms with E-state index in [-0.39, 0.29) is 11.8 Å². The standard InChI is InChI=1S/C16H22N4O/c1-12-4-3-5-15-18-14(11-20(12)15)10-17-16(21)13-6-8-19(2)9-7-13/h3-5,11,13H,6-10H2,1-2H3,(H,17,21). The van der Waals surface area contributed by atoms with Crippen molar-refractivity contribution in [1.82, 2.24) is 19.6 Å². The summed E-state index contributed by atoms with van der Waals surface area (Å²) < 4.78 is 2.05. The molecule has 1 amide bonds. The molecule has 5 nitrogen and oxygen atoms in total. The zero-order valence-electron chi connectivity index (χ0n) is 12.7. The average Bonchev–Trinajstić information content (AvgIpc) is 2.90. The van der Waals surface area contributed by atoms with Gasteiger partial charge in [-0.3, -0.25) is 4.79 Å². The highest BCUT2D eigenvalue weighted by Crippen LogP contribution is 2.16. The van der Waals surface area contributed by atoms with Crippen molar-refractivity contribution < 1.29 is 4.79 Å². The van der Waals surface area contributed by atoms with Gasteiger partial charge in [0.1, 0.15) is 5.65 Å². The maximum Gasteiger partial charge on any atom is 0.223 e. The van der Waals surface area contributed by atoms with E-state index >= 15 is 0 Å². The summed E-state index contributed by atoms with van der Waals surface area (Å²) in [4.78, 5) is 19.0. The first-order valence-electron chi connectivity index (χ1n) is 7.53. The zero-order chi connectivity index (χ0) is 14.8. The van der Waals surface area contributed by atoms with E-state index in [0.29, 0.717) is 6.54 Å². The minimum absolute atomic E-state index is 0.153. The number of carbonyl (C=O) groups is 1. The van der Waals surface area contributed by atoms with Crippen LogP contribution < -0.4 is 5.32 Å². The van der Waals surface area contributed by atoms with Gasteiger partial charge in [-0.1, -0.05) is 6.07 Å². The van der Waals surface area contributed by atoms with Gasteiger partial charge < -0.3 is 14.6 Å². The molecule has 0 aromatic carbocycles. The Balaban J connectivity index is 1.61. The Morgan fingerprint density at radius 3 is 2.86 bits per heavy atom. The van der Waals surface area contributed by atoms with Gasteiger partial charge in [0, 0.05) is 17.8 Å². The Labute approximate surface area is 125 Å². The number of likely N-dealkylation sites (tertiary alicyclic amines) is 1. The van der Waals surface area contributed by atoms with Crippen LogP contribution in [0.25, 0.3) is 5.65 Å². The lowest BCUT2D eigenvalue weighted by molar-refractivity contribution is -0.126. The number of imidazole rings is 1. The Kier molecular flexibility index (Phi) is 3.92. The van der Waals surface area contributed by atoms with Crippen LogP contribution in [-0.4, -0.2) is 40.3 Å². The Hall–Kier alpha value is -1.88. The monoisotopic (exact) mass is 286 g/mol. The molecule has 1 fully saturated rings. The number of nitrogens with one attached hydrogen (secondary N) is 1. The highest BCUT2D eigenvalue weighted by molar-refractivity contribution is 5.78. The number of fused-ring (bicyclic) bond motifs is 1. The summed E-state index contributed by atoms with van der Waals surface area (Å²) in [6.45, 7) is 4.57. The summed E-state index contributed by atoms with van der Waals surface area (Å²) in [6, 6.07) is 6.03. The van der Waals surface area contributed by atoms with Gasteiger partial charge in [-0.15, -0.1) is 0 Å². The van der Waals surface area contributed by atoms with Crippen LogP contribution in [0.15, 0.2) is 24.4 Å². The Morgan fingerprint density at radius 2 is 2.14 bits per heavy atom. The van der Waals surface area contributed by atoms with Crippen LogP contribution >= 0.6 is 0 Å². The zero-order valence-corrected chi connectivity index (χ0v) is 12.7. The van der Waals surface area contributed by atoms with Gasteiger partial charge in [0.2, 0.25) is 5.91 Å². The normalized spacial score (nSPS) is 17.2. The SMILES string of the molecule is Cc1cccc2nc(CNC(=O)C3CCN(C)CC3)cn12. The number of pyridine rings is 1. The molecule has 0 bridgehead atoms. The first-order valence-corrected chi connectivity index (χ1v) is 7.53. The lowest BCUT2D eigenvalue weighted by Crippen LogP contribution is -2.38. The second-order valence-electron chi connectivity index (χ2n) is 5.92. The maximum atomic E-state index is 12.2. The third-order valence-electron chi connectivity index (χ3n) is 4.28. The van der Waals surface area contributed by atoms with Gasteiger partial charge in [0.15, 0.2) is 0 Å². The number of piperidine rings is 1. The van der Waals surface area contributed by atoms with Crippen molar-refractivity contribution in [1.29, 1.82) is 0 Å². The van der Waals surface area contributed by atoms with Gasteiger partial charge in [0.05, 0.1) is 12.2 Å². The fourth-order valence-electron chi connectivity index (χ4n) is 2.88. The minimum atomic E-state index is 0.153. The summed E-state index contributed by atoms with van der Waals surface area (Å²) in [5.41, 5.74) is 2.98. The highest BCUT2D eigenvalue weighted by Gasteiger charge is 2.23. The van der Waals surface area contributed by atoms with Crippen LogP contribution in [0.3, 0.4) is 0 Å². The molecule has 2 aromatic rings. The molecule has 0 saturated carbocycles. The molecule has 0 spiro atoms. The number of aromatic nitrogens is 2. The number of hydrogen-bond acceptors (Lipinski definition) is 3. The summed E-state index contributed by atoms with van der Waals surface area (Å²) >= 11 is 0. The van der Waals surface area contributed by atoms with Gasteiger partial charge in [-0.2, -0.15) is 0 Å². The molecule has 3 heterocycles. The van der Waals surface area contributed by atoms with E-state index in [1.54, 1.807) is 0 Å². The number of rotatable bonds is 3. The van der Waals surface area contributed by atoms with Crippen molar-refractivity contribution in [3.8, 4) is 0 Å². The largest absolute Gasteiger partial charge is 0.350 e. The second-order valence-corrected chi connectivity index (χ2v) is 5.92. The number of nitrogens with zero attached hydrogens (tertiary/aromatic N) is 3. The summed E-state index contributed by atoms with van der Waals surface area (Å²) in [5.74, 6) is 0.317. The summed E-state index contributed by atoms with van der Waals surface area (Å²) in [7, 11) is 2.10. The number of hydrogen-bond donors (Lipinski definition) is 1. The summed E-state index contributed by atoms with van der Waals surface area (Å²) in [6.07, 6.45) is 3.90. The molecule has 2 aromatic heterocycles. The third-order valence-corrected chi connectivity index (χ3v) is 4.28. The van der Waals surface area contributed by atoms with Crippen LogP contribution in [0.1, 0.15) is 24.2 Å². The molecule has 0 radical (unpaired) electrons. The smallest absolute Gasteiger partial charge is 0.223 e. The van der Waals surface area contributed by atoms with Gasteiger partial charge in [0.25, 0.3) is 0 Å². The van der Waals surface area contributed by atoms with E-state index in [9.17, 15) is 4.79 Å². The molecule has 5 heteroatoms. The van der Waals surface area contributed by atoms with Crippen molar-refractivity contribution in [3.63, 3.8) is 0 Å². The van der Waals surface area contributed by atoms with Crippen LogP contribution in [-0.2, 0) is 11.3 Å². The van der Waals surface area contributed by atoms with E-state index < -0.39 is 0 Å². The molecule has 0 unspecified atom stereocenters. The van der Waals surface area contributed by atoms with E-state index in [2.05, 4.69) is 39.6 Å². The molecule has 21 heavy (non-hydrogen) atoms. The minimum Gasteiger partial charge on any atom is -0.350 e. The first kappa shape index (κ1) is 14.1. The van der Waals surface area contributed by atoms with Crippen LogP contribution in [0.5, 0.6) is 0 Å². The number of aryl methyl sites for hydroxylation is 1. The van der Waals surface area contributed by atoms with Crippen LogP contribution in [0.4, 0.5) is 0 Å². The van der Waals surface area contributed by atoms with Crippen LogP contribution in [0.2, 0.25) is 0 Å². The fourth-order valence-corrected chi connectivity index (χ4v) is 2.88. The molecule has 3 rings (SSSR count). The Bertz CT molecular complexity index is 641. The maximum absolute atomic E-state index is 12.2. The number of carbonyl (C=O) groups excluding carboxylic acids is 1. The predicted octanol–water partition coefficient (Wildman–Crippen LogP) is 1.60. The molecule has 0 aliphatic carbocycles. The molecule has 1 saturated heterocycles. The first-order chi connectivity index (χ1) is 10.1. The molecule has 0 atom stereocenters. The number of amides is 1. The average molecular weight is 286 g/mol. The van der Waals surface area contributed by atoms with Crippen molar-refractivity contribution in [2.75, 3.05) is 20.1 Å². The highest BCUT2D eigenvalue weighted by atomic mass is 16.1. The van der Waals surface area contributed by atoms with Crippen molar-refractivity contribution >= 4 is 11.6 Å². The molecular formula is C16H22N4O. The second kappa shape index (κ2) is 5.85. The molecular weight excluding hydrogens is 264 g/mol. The van der Waals surface area contributed by atoms with Gasteiger partial charge >= 0.3 is 0 Å². The van der Waals surface area contributed by atoms with Gasteiger partial charge in [-0.05, 0) is 52.0 Å². The predicted molar refractivity (Wildman–Crippen MR) is 82.0 cm³/mol. The Morgan fingerprint density at radius 1 is 1.38 bits per heavy atom. The molecule has 112 valence electrons. The van der Waals surface area contributed by atoms with E-state index in [1.165, 1.54) is 0 Å². The van der Waals surface area contributed by atoms with E-state index in [4.69, 9.17) is 0 Å². The lowest BCUT2D eigenvalue weighted by Gasteiger charge is -2.27.